The van der Waals surface area contributed by atoms with Gasteiger partial charge >= 0.3 is 0 Å². The lowest BCUT2D eigenvalue weighted by molar-refractivity contribution is -0.136. The minimum Gasteiger partial charge on any atom is -0.349 e. The Morgan fingerprint density at radius 3 is 2.93 bits per heavy atom. The summed E-state index contributed by atoms with van der Waals surface area (Å²) in [5, 5.41) is 11.4. The maximum atomic E-state index is 14.1. The summed E-state index contributed by atoms with van der Waals surface area (Å²) in [6, 6.07) is 5.25. The number of halogens is 2. The number of carbonyl (C=O) groups is 2. The highest BCUT2D eigenvalue weighted by molar-refractivity contribution is 5.93. The van der Waals surface area contributed by atoms with E-state index in [9.17, 15) is 18.4 Å². The number of nitrogens with one attached hydrogen (secondary N) is 1. The summed E-state index contributed by atoms with van der Waals surface area (Å²) < 4.78 is 27.7. The number of rotatable bonds is 4. The van der Waals surface area contributed by atoms with Crippen LogP contribution >= 0.6 is 0 Å². The van der Waals surface area contributed by atoms with E-state index in [4.69, 9.17) is 5.26 Å². The van der Waals surface area contributed by atoms with Crippen LogP contribution in [-0.4, -0.2) is 35.5 Å². The van der Waals surface area contributed by atoms with E-state index in [-0.39, 0.29) is 36.3 Å². The van der Waals surface area contributed by atoms with E-state index in [1.165, 1.54) is 23.2 Å². The van der Waals surface area contributed by atoms with E-state index >= 15 is 0 Å². The highest BCUT2D eigenvalue weighted by Gasteiger charge is 2.49. The number of likely N-dealkylation sites (tertiary alicyclic amines) is 1. The summed E-state index contributed by atoms with van der Waals surface area (Å²) in [6.45, 7) is 1.39. The first-order valence-corrected chi connectivity index (χ1v) is 8.96. The van der Waals surface area contributed by atoms with Crippen LogP contribution in [0.4, 0.5) is 8.78 Å². The summed E-state index contributed by atoms with van der Waals surface area (Å²) >= 11 is 0. The van der Waals surface area contributed by atoms with E-state index in [1.807, 2.05) is 6.07 Å². The average Bonchev–Trinajstić information content (AvgIpc) is 3.17. The lowest BCUT2D eigenvalue weighted by atomic mass is 9.98. The molecule has 1 saturated heterocycles. The van der Waals surface area contributed by atoms with Crippen LogP contribution in [0.25, 0.3) is 0 Å². The van der Waals surface area contributed by atoms with E-state index in [1.54, 1.807) is 13.0 Å². The largest absolute Gasteiger partial charge is 0.349 e. The zero-order valence-corrected chi connectivity index (χ0v) is 15.0. The minimum absolute atomic E-state index is 0.0292. The molecule has 6 nitrogen and oxygen atoms in total. The first-order chi connectivity index (χ1) is 13.4. The molecule has 4 rings (SSSR count). The van der Waals surface area contributed by atoms with Gasteiger partial charge < -0.3 is 10.2 Å². The van der Waals surface area contributed by atoms with Crippen molar-refractivity contribution < 1.29 is 18.4 Å². The predicted molar refractivity (Wildman–Crippen MR) is 95.8 cm³/mol. The maximum absolute atomic E-state index is 14.1. The van der Waals surface area contributed by atoms with Crippen molar-refractivity contribution in [3.05, 3.63) is 53.1 Å². The molecule has 1 aliphatic carbocycles. The molecule has 1 aromatic rings. The highest BCUT2D eigenvalue weighted by atomic mass is 19.1. The molecule has 1 fully saturated rings. The van der Waals surface area contributed by atoms with Crippen molar-refractivity contribution in [1.29, 1.82) is 5.26 Å². The van der Waals surface area contributed by atoms with Gasteiger partial charge in [-0.25, -0.2) is 8.78 Å². The molecule has 1 N–H and O–H groups in total. The van der Waals surface area contributed by atoms with Crippen molar-refractivity contribution in [3.8, 4) is 6.07 Å². The second kappa shape index (κ2) is 6.82. The van der Waals surface area contributed by atoms with Gasteiger partial charge in [0.15, 0.2) is 6.04 Å². The van der Waals surface area contributed by atoms with Gasteiger partial charge in [-0.3, -0.25) is 14.6 Å². The van der Waals surface area contributed by atoms with Crippen LogP contribution in [0.15, 0.2) is 35.1 Å². The Balaban J connectivity index is 1.42. The van der Waals surface area contributed by atoms with Crippen molar-refractivity contribution >= 4 is 18.0 Å². The second-order valence-corrected chi connectivity index (χ2v) is 7.17. The Labute approximate surface area is 160 Å². The molecule has 2 bridgehead atoms. The zero-order valence-electron chi connectivity index (χ0n) is 15.0. The maximum Gasteiger partial charge on any atom is 0.239 e. The third kappa shape index (κ3) is 2.97. The van der Waals surface area contributed by atoms with Gasteiger partial charge in [-0.15, -0.1) is 0 Å². The standard InChI is InChI=1S/C20H17F2N4O2/c1-10(19-16(22)4-11(7-23)8-24-19)25-18(27)9-26-17-6-15(20(26)28)13-3-2-12(21)5-14(13)17/h2-5,8,10-11,15,17H,6,9H2,1H3,(H,25,27)/t10-,11?,15-,17?/m0/s1. The van der Waals surface area contributed by atoms with Crippen molar-refractivity contribution in [2.45, 2.75) is 31.3 Å². The lowest BCUT2D eigenvalue weighted by Crippen LogP contribution is -2.45. The van der Waals surface area contributed by atoms with Crippen LogP contribution in [-0.2, 0) is 9.59 Å². The fourth-order valence-electron chi connectivity index (χ4n) is 4.11. The molecule has 2 unspecified atom stereocenters. The van der Waals surface area contributed by atoms with E-state index in [0.29, 0.717) is 6.42 Å². The predicted octanol–water partition coefficient (Wildman–Crippen LogP) is 2.31. The number of dihydropyridines is 1. The highest BCUT2D eigenvalue weighted by Crippen LogP contribution is 2.50. The Kier molecular flexibility index (Phi) is 4.46. The number of hydrogen-bond acceptors (Lipinski definition) is 4. The molecule has 8 heteroatoms. The normalized spacial score (nSPS) is 26.6. The molecule has 1 aromatic carbocycles. The van der Waals surface area contributed by atoms with Crippen molar-refractivity contribution in [3.63, 3.8) is 0 Å². The van der Waals surface area contributed by atoms with Crippen LogP contribution in [0, 0.1) is 29.1 Å². The van der Waals surface area contributed by atoms with Crippen molar-refractivity contribution in [2.75, 3.05) is 6.54 Å². The van der Waals surface area contributed by atoms with E-state index in [0.717, 1.165) is 17.2 Å². The lowest BCUT2D eigenvalue weighted by Gasteiger charge is -2.29. The van der Waals surface area contributed by atoms with Crippen molar-refractivity contribution in [2.24, 2.45) is 10.9 Å². The first kappa shape index (κ1) is 18.3. The minimum atomic E-state index is -0.732. The molecule has 4 atom stereocenters. The summed E-state index contributed by atoms with van der Waals surface area (Å²) in [5.74, 6) is -2.71. The number of benzene rings is 1. The third-order valence-corrected chi connectivity index (χ3v) is 5.40. The van der Waals surface area contributed by atoms with Gasteiger partial charge in [0.05, 0.1) is 24.1 Å². The Hall–Kier alpha value is -3.08. The van der Waals surface area contributed by atoms with Gasteiger partial charge in [-0.1, -0.05) is 6.07 Å². The summed E-state index contributed by atoms with van der Waals surface area (Å²) in [5.41, 5.74) is 1.57. The first-order valence-electron chi connectivity index (χ1n) is 8.96. The number of nitrogens with zero attached hydrogens (tertiary/aromatic N) is 3. The van der Waals surface area contributed by atoms with Gasteiger partial charge in [0.1, 0.15) is 24.1 Å². The number of carbonyl (C=O) groups excluding carboxylic acids is 2. The van der Waals surface area contributed by atoms with Gasteiger partial charge in [-0.05, 0) is 42.7 Å². The summed E-state index contributed by atoms with van der Waals surface area (Å²) in [4.78, 5) is 30.4. The molecule has 2 aliphatic heterocycles. The fraction of sp³-hybridized carbons (Fsp3) is 0.350. The molecule has 1 radical (unpaired) electrons. The topological polar surface area (TPSA) is 85.6 Å². The number of fused-ring (bicyclic) bond motifs is 5. The number of aliphatic imine (C=N–C) groups is 1. The van der Waals surface area contributed by atoms with Gasteiger partial charge in [0.25, 0.3) is 0 Å². The van der Waals surface area contributed by atoms with Crippen molar-refractivity contribution in [1.82, 2.24) is 10.2 Å². The molecule has 2 heterocycles. The molecule has 0 aromatic heterocycles. The summed E-state index contributed by atoms with van der Waals surface area (Å²) in [7, 11) is 0. The molecule has 0 saturated carbocycles. The van der Waals surface area contributed by atoms with E-state index in [2.05, 4.69) is 10.3 Å². The second-order valence-electron chi connectivity index (χ2n) is 7.17. The smallest absolute Gasteiger partial charge is 0.239 e. The third-order valence-electron chi connectivity index (χ3n) is 5.40. The van der Waals surface area contributed by atoms with Gasteiger partial charge in [0, 0.05) is 6.21 Å². The number of hydrogen-bond donors (Lipinski definition) is 1. The fourth-order valence-corrected chi connectivity index (χ4v) is 4.11. The number of nitriles is 1. The number of allylic oxidation sites excluding steroid dienone is 1. The zero-order chi connectivity index (χ0) is 20.0. The molecular weight excluding hydrogens is 366 g/mol. The van der Waals surface area contributed by atoms with Crippen LogP contribution < -0.4 is 5.32 Å². The molecule has 143 valence electrons. The molecular formula is C20H17F2N4O2. The summed E-state index contributed by atoms with van der Waals surface area (Å²) in [6.07, 6.45) is 2.99. The van der Waals surface area contributed by atoms with Gasteiger partial charge in [-0.2, -0.15) is 5.26 Å². The molecule has 3 aliphatic rings. The SMILES string of the molecule is C[C@H](NC(=O)CN1C(=O)[C@H]2CC1c1cc(F)ccc12)[C]1N=CC(C#N)C=C1F. The Bertz CT molecular complexity index is 952. The quantitative estimate of drug-likeness (QED) is 0.866. The Morgan fingerprint density at radius 2 is 2.21 bits per heavy atom. The van der Waals surface area contributed by atoms with Crippen LogP contribution in [0.2, 0.25) is 0 Å². The average molecular weight is 383 g/mol. The van der Waals surface area contributed by atoms with Crippen LogP contribution in [0.5, 0.6) is 0 Å². The van der Waals surface area contributed by atoms with Gasteiger partial charge in [0.2, 0.25) is 11.8 Å². The molecule has 28 heavy (non-hydrogen) atoms. The van der Waals surface area contributed by atoms with E-state index < -0.39 is 23.7 Å². The molecule has 2 amide bonds. The Morgan fingerprint density at radius 1 is 1.43 bits per heavy atom. The molecule has 0 spiro atoms. The van der Waals surface area contributed by atoms with Crippen LogP contribution in [0.1, 0.15) is 36.4 Å². The van der Waals surface area contributed by atoms with Crippen LogP contribution in [0.3, 0.4) is 0 Å². The monoisotopic (exact) mass is 383 g/mol. The number of amides is 2.